The molecule has 0 fully saturated rings. The van der Waals surface area contributed by atoms with Gasteiger partial charge >= 0.3 is 0 Å². The predicted octanol–water partition coefficient (Wildman–Crippen LogP) is 1.65. The molecule has 2 amide bonds. The van der Waals surface area contributed by atoms with Gasteiger partial charge in [0.25, 0.3) is 5.69 Å². The molecule has 0 radical (unpaired) electrons. The number of primary amides is 2. The van der Waals surface area contributed by atoms with Crippen molar-refractivity contribution in [3.63, 3.8) is 0 Å². The van der Waals surface area contributed by atoms with Gasteiger partial charge in [-0.15, -0.1) is 10.2 Å². The van der Waals surface area contributed by atoms with Crippen LogP contribution >= 0.6 is 11.8 Å². The van der Waals surface area contributed by atoms with Crippen LogP contribution in [0, 0.1) is 16.0 Å². The molecular weight excluding hydrogens is 384 g/mol. The number of hydrogen-bond acceptors (Lipinski definition) is 7. The topological polar surface area (TPSA) is 160 Å². The summed E-state index contributed by atoms with van der Waals surface area (Å²) >= 11 is 1.30. The molecule has 0 aliphatic carbocycles. The van der Waals surface area contributed by atoms with E-state index in [4.69, 9.17) is 11.5 Å². The van der Waals surface area contributed by atoms with Crippen LogP contribution in [0.2, 0.25) is 0 Å². The van der Waals surface area contributed by atoms with Crippen LogP contribution < -0.4 is 11.5 Å². The molecule has 0 bridgehead atoms. The van der Waals surface area contributed by atoms with Crippen molar-refractivity contribution in [1.82, 2.24) is 14.8 Å². The number of aromatic nitrogens is 3. The van der Waals surface area contributed by atoms with E-state index >= 15 is 0 Å². The second-order valence-corrected chi connectivity index (χ2v) is 7.57. The van der Waals surface area contributed by atoms with Gasteiger partial charge in [0.1, 0.15) is 5.82 Å². The van der Waals surface area contributed by atoms with Crippen molar-refractivity contribution >= 4 is 29.3 Å². The molecule has 150 valence electrons. The van der Waals surface area contributed by atoms with Gasteiger partial charge in [0.15, 0.2) is 5.16 Å². The highest BCUT2D eigenvalue weighted by atomic mass is 32.2. The zero-order valence-corrected chi connectivity index (χ0v) is 16.4. The van der Waals surface area contributed by atoms with E-state index in [0.29, 0.717) is 35.4 Å². The van der Waals surface area contributed by atoms with Crippen LogP contribution in [-0.4, -0.2) is 31.5 Å². The Bertz CT molecular complexity index is 896. The van der Waals surface area contributed by atoms with Crippen LogP contribution in [0.5, 0.6) is 0 Å². The van der Waals surface area contributed by atoms with Crippen molar-refractivity contribution in [1.29, 1.82) is 0 Å². The molecule has 11 heteroatoms. The van der Waals surface area contributed by atoms with Gasteiger partial charge in [0.2, 0.25) is 11.8 Å². The molecule has 0 aliphatic rings. The first-order valence-corrected chi connectivity index (χ1v) is 9.58. The normalized spacial score (nSPS) is 11.0. The maximum atomic E-state index is 11.3. The number of benzene rings is 1. The van der Waals surface area contributed by atoms with Crippen molar-refractivity contribution in [3.8, 4) is 0 Å². The summed E-state index contributed by atoms with van der Waals surface area (Å²) in [6.45, 7) is 4.73. The van der Waals surface area contributed by atoms with Crippen LogP contribution in [0.4, 0.5) is 5.69 Å². The van der Waals surface area contributed by atoms with Gasteiger partial charge in [-0.3, -0.25) is 19.7 Å². The predicted molar refractivity (Wildman–Crippen MR) is 104 cm³/mol. The number of carbonyl (C=O) groups excluding carboxylic acids is 2. The molecule has 0 aliphatic heterocycles. The van der Waals surface area contributed by atoms with Crippen molar-refractivity contribution in [2.45, 2.75) is 44.1 Å². The van der Waals surface area contributed by atoms with Crippen molar-refractivity contribution in [2.24, 2.45) is 17.4 Å². The van der Waals surface area contributed by atoms with Crippen molar-refractivity contribution in [3.05, 3.63) is 45.3 Å². The van der Waals surface area contributed by atoms with E-state index in [2.05, 4.69) is 10.2 Å². The number of thioether (sulfide) groups is 1. The minimum Gasteiger partial charge on any atom is -0.370 e. The Balaban J connectivity index is 2.25. The first-order valence-electron chi connectivity index (χ1n) is 8.59. The Morgan fingerprint density at radius 1 is 1.29 bits per heavy atom. The maximum absolute atomic E-state index is 11.3. The van der Waals surface area contributed by atoms with Gasteiger partial charge in [-0.25, -0.2) is 0 Å². The van der Waals surface area contributed by atoms with Crippen LogP contribution in [0.25, 0.3) is 0 Å². The third-order valence-corrected chi connectivity index (χ3v) is 4.88. The van der Waals surface area contributed by atoms with E-state index in [1.807, 2.05) is 18.4 Å². The summed E-state index contributed by atoms with van der Waals surface area (Å²) in [6, 6.07) is 4.15. The summed E-state index contributed by atoms with van der Waals surface area (Å²) in [4.78, 5) is 33.1. The highest BCUT2D eigenvalue weighted by molar-refractivity contribution is 7.98. The third kappa shape index (κ3) is 5.52. The van der Waals surface area contributed by atoms with Crippen LogP contribution in [0.1, 0.15) is 42.0 Å². The Labute approximate surface area is 165 Å². The number of carbonyl (C=O) groups is 2. The Morgan fingerprint density at radius 2 is 2.00 bits per heavy atom. The lowest BCUT2D eigenvalue weighted by Crippen LogP contribution is -2.15. The summed E-state index contributed by atoms with van der Waals surface area (Å²) in [6.07, 6.45) is 0.546. The minimum absolute atomic E-state index is 0.0807. The molecular formula is C17H22N6O4S. The number of nitro groups is 1. The third-order valence-electron chi connectivity index (χ3n) is 3.86. The smallest absolute Gasteiger partial charge is 0.274 e. The zero-order chi connectivity index (χ0) is 20.8. The highest BCUT2D eigenvalue weighted by Crippen LogP contribution is 2.29. The number of rotatable bonds is 10. The summed E-state index contributed by atoms with van der Waals surface area (Å²) in [7, 11) is 0. The molecule has 4 N–H and O–H groups in total. The standard InChI is InChI=1S/C17H22N6O4S/c1-10(2)8-22-15(6-5-14(18)24)20-21-17(22)28-9-12-4-3-11(16(19)25)7-13(12)23(26)27/h3-4,7,10H,5-6,8-9H2,1-2H3,(H2,18,24)(H2,19,25). The van der Waals surface area contributed by atoms with Crippen molar-refractivity contribution < 1.29 is 14.5 Å². The fraction of sp³-hybridized carbons (Fsp3) is 0.412. The molecule has 1 heterocycles. The summed E-state index contributed by atoms with van der Waals surface area (Å²) in [5, 5.41) is 20.2. The molecule has 2 rings (SSSR count). The van der Waals surface area contributed by atoms with Gasteiger partial charge in [-0.2, -0.15) is 0 Å². The lowest BCUT2D eigenvalue weighted by Gasteiger charge is -2.12. The van der Waals surface area contributed by atoms with Gasteiger partial charge in [0.05, 0.1) is 4.92 Å². The number of amides is 2. The molecule has 0 atom stereocenters. The fourth-order valence-corrected chi connectivity index (χ4v) is 3.51. The quantitative estimate of drug-likeness (QED) is 0.344. The second kappa shape index (κ2) is 9.31. The number of nitrogens with zero attached hydrogens (tertiary/aromatic N) is 4. The number of nitro benzene ring substituents is 1. The summed E-state index contributed by atoms with van der Waals surface area (Å²) < 4.78 is 1.90. The SMILES string of the molecule is CC(C)Cn1c(CCC(N)=O)nnc1SCc1ccc(C(N)=O)cc1[N+](=O)[O-]. The first kappa shape index (κ1) is 21.4. The highest BCUT2D eigenvalue weighted by Gasteiger charge is 2.19. The van der Waals surface area contributed by atoms with Crippen LogP contribution in [0.3, 0.4) is 0 Å². The molecule has 10 nitrogen and oxygen atoms in total. The molecule has 0 unspecified atom stereocenters. The second-order valence-electron chi connectivity index (χ2n) is 6.62. The van der Waals surface area contributed by atoms with Crippen LogP contribution in [-0.2, 0) is 23.5 Å². The number of aryl methyl sites for hydroxylation is 1. The first-order chi connectivity index (χ1) is 13.2. The average molecular weight is 406 g/mol. The van der Waals surface area contributed by atoms with E-state index in [-0.39, 0.29) is 23.4 Å². The number of hydrogen-bond donors (Lipinski definition) is 2. The molecule has 2 aromatic rings. The Morgan fingerprint density at radius 3 is 2.57 bits per heavy atom. The molecule has 0 spiro atoms. The monoisotopic (exact) mass is 406 g/mol. The van der Waals surface area contributed by atoms with E-state index in [1.54, 1.807) is 0 Å². The van der Waals surface area contributed by atoms with Gasteiger partial charge in [-0.05, 0) is 12.0 Å². The lowest BCUT2D eigenvalue weighted by molar-refractivity contribution is -0.385. The van der Waals surface area contributed by atoms with Crippen molar-refractivity contribution in [2.75, 3.05) is 0 Å². The number of nitrogens with two attached hydrogens (primary N) is 2. The van der Waals surface area contributed by atoms with Crippen LogP contribution in [0.15, 0.2) is 23.4 Å². The molecule has 28 heavy (non-hydrogen) atoms. The molecule has 1 aromatic heterocycles. The van der Waals surface area contributed by atoms with E-state index in [1.165, 1.54) is 30.0 Å². The van der Waals surface area contributed by atoms with E-state index in [0.717, 1.165) is 0 Å². The summed E-state index contributed by atoms with van der Waals surface area (Å²) in [5.41, 5.74) is 10.8. The summed E-state index contributed by atoms with van der Waals surface area (Å²) in [5.74, 6) is 0.0819. The van der Waals surface area contributed by atoms with Gasteiger partial charge in [-0.1, -0.05) is 31.7 Å². The molecule has 0 saturated heterocycles. The minimum atomic E-state index is -0.724. The fourth-order valence-electron chi connectivity index (χ4n) is 2.55. The van der Waals surface area contributed by atoms with Gasteiger partial charge in [0, 0.05) is 42.3 Å². The maximum Gasteiger partial charge on any atom is 0.274 e. The lowest BCUT2D eigenvalue weighted by atomic mass is 10.1. The van der Waals surface area contributed by atoms with E-state index < -0.39 is 16.7 Å². The average Bonchev–Trinajstić information content (AvgIpc) is 2.98. The molecule has 1 aromatic carbocycles. The Kier molecular flexibility index (Phi) is 7.10. The molecule has 0 saturated carbocycles. The zero-order valence-electron chi connectivity index (χ0n) is 15.6. The van der Waals surface area contributed by atoms with E-state index in [9.17, 15) is 19.7 Å². The van der Waals surface area contributed by atoms with Gasteiger partial charge < -0.3 is 16.0 Å². The Hall–Kier alpha value is -2.95. The largest absolute Gasteiger partial charge is 0.370 e.